The van der Waals surface area contributed by atoms with E-state index >= 15 is 0 Å². The number of nitrogens with zero attached hydrogens (tertiary/aromatic N) is 1. The third-order valence-corrected chi connectivity index (χ3v) is 19.5. The van der Waals surface area contributed by atoms with Crippen LogP contribution in [0.4, 0.5) is 0 Å². The topological polar surface area (TPSA) is 3.24 Å². The second kappa shape index (κ2) is 14.3. The smallest absolute Gasteiger partial charge is 0.127 e. The Morgan fingerprint density at radius 3 is 1.72 bits per heavy atom. The second-order valence-electron chi connectivity index (χ2n) is 21.9. The molecule has 5 atom stereocenters. The zero-order valence-corrected chi connectivity index (χ0v) is 37.0. The van der Waals surface area contributed by atoms with Gasteiger partial charge >= 0.3 is 0 Å². The fourth-order valence-corrected chi connectivity index (χ4v) is 19.4. The molecule has 5 rings (SSSR count). The third-order valence-electron chi connectivity index (χ3n) is 14.4. The maximum Gasteiger partial charge on any atom is 0.127 e. The van der Waals surface area contributed by atoms with Crippen LogP contribution in [-0.2, 0) is 16.2 Å². The molecule has 0 amide bonds. The van der Waals surface area contributed by atoms with Crippen LogP contribution in [0.1, 0.15) is 202 Å². The highest BCUT2D eigenvalue weighted by Crippen LogP contribution is 2.63. The van der Waals surface area contributed by atoms with Crippen LogP contribution in [0.25, 0.3) is 5.57 Å². The Labute approximate surface area is 313 Å². The van der Waals surface area contributed by atoms with Gasteiger partial charge in [0.05, 0.1) is 0 Å². The van der Waals surface area contributed by atoms with Gasteiger partial charge in [-0.05, 0) is 135 Å². The summed E-state index contributed by atoms with van der Waals surface area (Å²) < 4.78 is 3.01. The van der Waals surface area contributed by atoms with Gasteiger partial charge in [-0.15, -0.1) is 0 Å². The summed E-state index contributed by atoms with van der Waals surface area (Å²) in [6, 6.07) is 5.49. The van der Waals surface area contributed by atoms with E-state index in [1.807, 2.05) is 0 Å². The minimum absolute atomic E-state index is 0.106. The van der Waals surface area contributed by atoms with E-state index in [0.29, 0.717) is 11.8 Å². The quantitative estimate of drug-likeness (QED) is 0.146. The highest BCUT2D eigenvalue weighted by atomic mass is 28.3. The molecule has 1 saturated carbocycles. The molecule has 0 bridgehead atoms. The van der Waals surface area contributed by atoms with E-state index in [2.05, 4.69) is 132 Å². The van der Waals surface area contributed by atoms with Crippen molar-refractivity contribution in [2.45, 2.75) is 226 Å². The zero-order valence-electron chi connectivity index (χ0n) is 36.0. The first-order valence-corrected chi connectivity index (χ1v) is 24.5. The minimum atomic E-state index is -1.87. The lowest BCUT2D eigenvalue weighted by Crippen LogP contribution is -2.67. The van der Waals surface area contributed by atoms with E-state index in [-0.39, 0.29) is 27.3 Å². The third kappa shape index (κ3) is 7.48. The standard InChI is InChI=1S/C48H81NSi/c1-16-17-18-19-20-21-22-23-24-25-26-48(13)39-31-36-35(29-34(2)43(36)50(14,15)49(44(3,4)5)45(6,7)8)30-37(39)38-32-41-42(33-40(38)48)47(11,12)28-27-46(41,9)10/h30-36,43H,16-29H2,1-15H3. The number of rotatable bonds is 13. The van der Waals surface area contributed by atoms with Crippen molar-refractivity contribution in [1.82, 2.24) is 4.57 Å². The first-order valence-electron chi connectivity index (χ1n) is 21.5. The molecule has 5 unspecified atom stereocenters. The summed E-state index contributed by atoms with van der Waals surface area (Å²) in [7, 11) is -1.87. The van der Waals surface area contributed by atoms with E-state index in [0.717, 1.165) is 11.5 Å². The molecular formula is C48H81NSi. The van der Waals surface area contributed by atoms with Gasteiger partial charge in [0.15, 0.2) is 0 Å². The molecule has 0 spiro atoms. The fraction of sp³-hybridized carbons (Fsp3) is 0.792. The van der Waals surface area contributed by atoms with E-state index in [1.54, 1.807) is 33.4 Å². The number of benzene rings is 1. The Bertz CT molecular complexity index is 1410. The van der Waals surface area contributed by atoms with Crippen molar-refractivity contribution < 1.29 is 0 Å². The molecule has 4 aliphatic carbocycles. The van der Waals surface area contributed by atoms with Crippen molar-refractivity contribution in [3.8, 4) is 0 Å². The van der Waals surface area contributed by atoms with Gasteiger partial charge in [0.1, 0.15) is 8.24 Å². The lowest BCUT2D eigenvalue weighted by atomic mass is 9.62. The molecule has 0 heterocycles. The SMILES string of the molecule is CCCCCCCCCCCCC1(C)C2=CC3C(C=C2c2cc4c(cc21)C(C)(C)CCC4(C)C)CC(C)C3[Si](C)(C)N(C(C)(C)C)C(C)(C)C. The maximum atomic E-state index is 3.01. The van der Waals surface area contributed by atoms with Crippen molar-refractivity contribution in [2.24, 2.45) is 17.8 Å². The average Bonchev–Trinajstić information content (AvgIpc) is 3.43. The van der Waals surface area contributed by atoms with Crippen LogP contribution in [0.5, 0.6) is 0 Å². The normalized spacial score (nSPS) is 28.6. The van der Waals surface area contributed by atoms with Gasteiger partial charge in [0.25, 0.3) is 0 Å². The Kier molecular flexibility index (Phi) is 11.4. The van der Waals surface area contributed by atoms with Crippen LogP contribution in [0.15, 0.2) is 29.9 Å². The van der Waals surface area contributed by atoms with Gasteiger partial charge in [-0.1, -0.05) is 150 Å². The van der Waals surface area contributed by atoms with Crippen molar-refractivity contribution in [2.75, 3.05) is 0 Å². The highest BCUT2D eigenvalue weighted by Gasteiger charge is 2.57. The van der Waals surface area contributed by atoms with E-state index < -0.39 is 8.24 Å². The van der Waals surface area contributed by atoms with Crippen LogP contribution in [0.3, 0.4) is 0 Å². The lowest BCUT2D eigenvalue weighted by Gasteiger charge is -2.57. The van der Waals surface area contributed by atoms with Gasteiger partial charge in [-0.2, -0.15) is 0 Å². The fourth-order valence-electron chi connectivity index (χ4n) is 12.8. The number of allylic oxidation sites excluding steroid dienone is 4. The predicted molar refractivity (Wildman–Crippen MR) is 225 cm³/mol. The number of hydrogen-bond donors (Lipinski definition) is 0. The van der Waals surface area contributed by atoms with Gasteiger partial charge in [0, 0.05) is 16.5 Å². The van der Waals surface area contributed by atoms with Crippen molar-refractivity contribution in [3.05, 3.63) is 52.1 Å². The summed E-state index contributed by atoms with van der Waals surface area (Å²) >= 11 is 0. The largest absolute Gasteiger partial charge is 0.314 e. The van der Waals surface area contributed by atoms with Crippen LogP contribution in [0, 0.1) is 17.8 Å². The van der Waals surface area contributed by atoms with Crippen LogP contribution < -0.4 is 0 Å². The van der Waals surface area contributed by atoms with Crippen LogP contribution in [0.2, 0.25) is 18.6 Å². The molecule has 0 N–H and O–H groups in total. The molecule has 0 saturated heterocycles. The van der Waals surface area contributed by atoms with E-state index in [4.69, 9.17) is 0 Å². The average molecular weight is 700 g/mol. The van der Waals surface area contributed by atoms with Gasteiger partial charge < -0.3 is 4.57 Å². The van der Waals surface area contributed by atoms with Crippen LogP contribution >= 0.6 is 0 Å². The predicted octanol–water partition coefficient (Wildman–Crippen LogP) is 14.7. The van der Waals surface area contributed by atoms with Crippen molar-refractivity contribution >= 4 is 13.8 Å². The monoisotopic (exact) mass is 700 g/mol. The van der Waals surface area contributed by atoms with Crippen molar-refractivity contribution in [1.29, 1.82) is 0 Å². The molecule has 0 aliphatic heterocycles. The second-order valence-corrected chi connectivity index (χ2v) is 26.4. The Morgan fingerprint density at radius 2 is 1.20 bits per heavy atom. The summed E-state index contributed by atoms with van der Waals surface area (Å²) in [6.07, 6.45) is 25.0. The molecule has 1 aromatic carbocycles. The van der Waals surface area contributed by atoms with E-state index in [1.165, 1.54) is 89.9 Å². The molecule has 4 aliphatic rings. The molecular weight excluding hydrogens is 619 g/mol. The van der Waals surface area contributed by atoms with Crippen molar-refractivity contribution in [3.63, 3.8) is 0 Å². The molecule has 1 aromatic rings. The molecule has 282 valence electrons. The number of fused-ring (bicyclic) bond motifs is 5. The summed E-state index contributed by atoms with van der Waals surface area (Å²) in [5.74, 6) is 2.07. The molecule has 1 nitrogen and oxygen atoms in total. The summed E-state index contributed by atoms with van der Waals surface area (Å²) in [5, 5.41) is 0. The molecule has 50 heavy (non-hydrogen) atoms. The van der Waals surface area contributed by atoms with Gasteiger partial charge in [0.2, 0.25) is 0 Å². The summed E-state index contributed by atoms with van der Waals surface area (Å²) in [4.78, 5) is 0. The zero-order chi connectivity index (χ0) is 37.1. The first kappa shape index (κ1) is 40.1. The molecule has 0 aromatic heterocycles. The lowest BCUT2D eigenvalue weighted by molar-refractivity contribution is 0.121. The van der Waals surface area contributed by atoms with E-state index in [9.17, 15) is 0 Å². The summed E-state index contributed by atoms with van der Waals surface area (Å²) in [5.41, 5.74) is 11.5. The Balaban J connectivity index is 1.52. The Hall–Kier alpha value is -1.12. The molecule has 2 heteroatoms. The number of unbranched alkanes of at least 4 members (excludes halogenated alkanes) is 9. The Morgan fingerprint density at radius 1 is 0.700 bits per heavy atom. The minimum Gasteiger partial charge on any atom is -0.314 e. The van der Waals surface area contributed by atoms with Crippen LogP contribution in [-0.4, -0.2) is 23.9 Å². The first-order chi connectivity index (χ1) is 23.1. The van der Waals surface area contributed by atoms with Gasteiger partial charge in [-0.3, -0.25) is 0 Å². The molecule has 1 fully saturated rings. The summed E-state index contributed by atoms with van der Waals surface area (Å²) in [6.45, 7) is 38.0. The highest BCUT2D eigenvalue weighted by molar-refractivity contribution is 6.76. The number of hydrogen-bond acceptors (Lipinski definition) is 1. The molecule has 0 radical (unpaired) electrons. The van der Waals surface area contributed by atoms with Gasteiger partial charge in [-0.25, -0.2) is 0 Å². The maximum absolute atomic E-state index is 3.01.